The molecule has 0 aromatic rings. The molecule has 0 saturated carbocycles. The Hall–Kier alpha value is -1.40. The van der Waals surface area contributed by atoms with Gasteiger partial charge in [0.05, 0.1) is 13.2 Å². The van der Waals surface area contributed by atoms with Crippen molar-refractivity contribution in [2.75, 3.05) is 19.8 Å². The summed E-state index contributed by atoms with van der Waals surface area (Å²) >= 11 is 0. The fraction of sp³-hybridized carbons (Fsp3) is 0.636. The first-order valence-electron chi connectivity index (χ1n) is 5.46. The number of nitrogens with zero attached hydrogens (tertiary/aromatic N) is 1. The van der Waals surface area contributed by atoms with Gasteiger partial charge in [-0.3, -0.25) is 4.79 Å². The molecule has 0 radical (unpaired) electrons. The third-order valence-corrected chi connectivity index (χ3v) is 2.51. The van der Waals surface area contributed by atoms with Crippen LogP contribution in [0, 0.1) is 0 Å². The van der Waals surface area contributed by atoms with Gasteiger partial charge in [-0.1, -0.05) is 0 Å². The lowest BCUT2D eigenvalue weighted by molar-refractivity contribution is -0.133. The van der Waals surface area contributed by atoms with Gasteiger partial charge >= 0.3 is 6.09 Å². The zero-order valence-electron chi connectivity index (χ0n) is 9.84. The van der Waals surface area contributed by atoms with E-state index in [0.717, 1.165) is 4.90 Å². The van der Waals surface area contributed by atoms with Gasteiger partial charge in [-0.25, -0.2) is 9.69 Å². The molecular weight excluding hydrogens is 226 g/mol. The second-order valence-corrected chi connectivity index (χ2v) is 4.33. The number of rotatable bonds is 2. The Morgan fingerprint density at radius 2 is 2.29 bits per heavy atom. The van der Waals surface area contributed by atoms with Gasteiger partial charge in [0.2, 0.25) is 0 Å². The molecule has 0 aromatic carbocycles. The Bertz CT molecular complexity index is 363. The van der Waals surface area contributed by atoms with Crippen molar-refractivity contribution in [2.45, 2.75) is 25.7 Å². The zero-order chi connectivity index (χ0) is 12.5. The molecule has 94 valence electrons. The summed E-state index contributed by atoms with van der Waals surface area (Å²) in [6, 6.07) is 0. The SMILES string of the molecule is CC1(C)OC[C@H](/C=C/C(=O)N2CCOC2=O)O1. The zero-order valence-corrected chi connectivity index (χ0v) is 9.84. The van der Waals surface area contributed by atoms with Crippen LogP contribution in [0.4, 0.5) is 4.79 Å². The topological polar surface area (TPSA) is 65.1 Å². The van der Waals surface area contributed by atoms with Crippen LogP contribution >= 0.6 is 0 Å². The lowest BCUT2D eigenvalue weighted by Gasteiger charge is -2.15. The molecule has 2 saturated heterocycles. The van der Waals surface area contributed by atoms with Crippen molar-refractivity contribution in [3.63, 3.8) is 0 Å². The van der Waals surface area contributed by atoms with Crippen molar-refractivity contribution < 1.29 is 23.8 Å². The van der Waals surface area contributed by atoms with Crippen LogP contribution in [0.3, 0.4) is 0 Å². The quantitative estimate of drug-likeness (QED) is 0.665. The summed E-state index contributed by atoms with van der Waals surface area (Å²) in [5, 5.41) is 0. The van der Waals surface area contributed by atoms with Crippen LogP contribution in [0.25, 0.3) is 0 Å². The van der Waals surface area contributed by atoms with Crippen LogP contribution < -0.4 is 0 Å². The first-order valence-corrected chi connectivity index (χ1v) is 5.46. The number of cyclic esters (lactones) is 1. The van der Waals surface area contributed by atoms with Crippen LogP contribution in [-0.4, -0.2) is 48.5 Å². The molecule has 0 aliphatic carbocycles. The molecule has 2 aliphatic heterocycles. The number of imide groups is 1. The summed E-state index contributed by atoms with van der Waals surface area (Å²) in [6.45, 7) is 4.58. The summed E-state index contributed by atoms with van der Waals surface area (Å²) in [7, 11) is 0. The number of ether oxygens (including phenoxy) is 3. The van der Waals surface area contributed by atoms with E-state index in [-0.39, 0.29) is 18.6 Å². The predicted molar refractivity (Wildman–Crippen MR) is 57.1 cm³/mol. The molecule has 1 atom stereocenters. The number of amides is 2. The molecule has 0 spiro atoms. The Labute approximate surface area is 99.1 Å². The molecule has 6 heteroatoms. The molecule has 0 N–H and O–H groups in total. The highest BCUT2D eigenvalue weighted by Crippen LogP contribution is 2.22. The molecule has 2 fully saturated rings. The molecule has 2 amide bonds. The number of carbonyl (C=O) groups excluding carboxylic acids is 2. The van der Waals surface area contributed by atoms with Crippen molar-refractivity contribution in [1.82, 2.24) is 4.90 Å². The maximum atomic E-state index is 11.6. The fourth-order valence-corrected chi connectivity index (χ4v) is 1.68. The largest absolute Gasteiger partial charge is 0.447 e. The number of carbonyl (C=O) groups is 2. The fourth-order valence-electron chi connectivity index (χ4n) is 1.68. The Morgan fingerprint density at radius 1 is 1.53 bits per heavy atom. The van der Waals surface area contributed by atoms with Crippen LogP contribution in [0.2, 0.25) is 0 Å². The van der Waals surface area contributed by atoms with E-state index in [1.54, 1.807) is 19.9 Å². The van der Waals surface area contributed by atoms with Gasteiger partial charge in [-0.15, -0.1) is 0 Å². The van der Waals surface area contributed by atoms with Gasteiger partial charge in [0.15, 0.2) is 5.79 Å². The normalized spacial score (nSPS) is 27.8. The highest BCUT2D eigenvalue weighted by atomic mass is 16.7. The third-order valence-electron chi connectivity index (χ3n) is 2.51. The first-order chi connectivity index (χ1) is 7.98. The predicted octanol–water partition coefficient (Wildman–Crippen LogP) is 0.673. The standard InChI is InChI=1S/C11H15NO5/c1-11(2)16-7-8(17-11)3-4-9(13)12-5-6-15-10(12)14/h3-4,8H,5-7H2,1-2H3/b4-3+/t8-/m0/s1. The average molecular weight is 241 g/mol. The summed E-state index contributed by atoms with van der Waals surface area (Å²) in [5.74, 6) is -1.01. The van der Waals surface area contributed by atoms with Crippen molar-refractivity contribution in [3.8, 4) is 0 Å². The molecule has 6 nitrogen and oxygen atoms in total. The molecule has 17 heavy (non-hydrogen) atoms. The van der Waals surface area contributed by atoms with E-state index in [4.69, 9.17) is 9.47 Å². The van der Waals surface area contributed by atoms with Gasteiger partial charge in [0.25, 0.3) is 5.91 Å². The summed E-state index contributed by atoms with van der Waals surface area (Å²) in [4.78, 5) is 23.8. The van der Waals surface area contributed by atoms with Crippen molar-refractivity contribution in [1.29, 1.82) is 0 Å². The van der Waals surface area contributed by atoms with E-state index in [1.165, 1.54) is 6.08 Å². The second-order valence-electron chi connectivity index (χ2n) is 4.33. The lowest BCUT2D eigenvalue weighted by atomic mass is 10.3. The maximum Gasteiger partial charge on any atom is 0.416 e. The molecule has 2 heterocycles. The highest BCUT2D eigenvalue weighted by Gasteiger charge is 2.32. The number of hydrogen-bond donors (Lipinski definition) is 0. The molecule has 0 aromatic heterocycles. The lowest BCUT2D eigenvalue weighted by Crippen LogP contribution is -2.30. The van der Waals surface area contributed by atoms with Crippen LogP contribution in [0.1, 0.15) is 13.8 Å². The van der Waals surface area contributed by atoms with E-state index >= 15 is 0 Å². The summed E-state index contributed by atoms with van der Waals surface area (Å²) in [5.41, 5.74) is 0. The Kier molecular flexibility index (Phi) is 3.17. The number of hydrogen-bond acceptors (Lipinski definition) is 5. The minimum atomic E-state index is -0.620. The third kappa shape index (κ3) is 2.83. The van der Waals surface area contributed by atoms with Crippen LogP contribution in [0.15, 0.2) is 12.2 Å². The highest BCUT2D eigenvalue weighted by molar-refractivity contribution is 5.99. The Morgan fingerprint density at radius 3 is 2.82 bits per heavy atom. The summed E-state index contributed by atoms with van der Waals surface area (Å²) < 4.78 is 15.5. The van der Waals surface area contributed by atoms with Crippen molar-refractivity contribution >= 4 is 12.0 Å². The van der Waals surface area contributed by atoms with Gasteiger partial charge in [-0.2, -0.15) is 0 Å². The molecule has 0 bridgehead atoms. The van der Waals surface area contributed by atoms with Gasteiger partial charge < -0.3 is 14.2 Å². The molecule has 0 unspecified atom stereocenters. The smallest absolute Gasteiger partial charge is 0.416 e. The maximum absolute atomic E-state index is 11.6. The monoisotopic (exact) mass is 241 g/mol. The minimum absolute atomic E-state index is 0.257. The van der Waals surface area contributed by atoms with E-state index in [0.29, 0.717) is 13.2 Å². The average Bonchev–Trinajstić information content (AvgIpc) is 2.81. The van der Waals surface area contributed by atoms with Crippen molar-refractivity contribution in [3.05, 3.63) is 12.2 Å². The van der Waals surface area contributed by atoms with E-state index < -0.39 is 11.9 Å². The van der Waals surface area contributed by atoms with E-state index in [1.807, 2.05) is 0 Å². The van der Waals surface area contributed by atoms with E-state index in [9.17, 15) is 9.59 Å². The molecule has 2 aliphatic rings. The van der Waals surface area contributed by atoms with Gasteiger partial charge in [0, 0.05) is 6.08 Å². The van der Waals surface area contributed by atoms with Gasteiger partial charge in [0.1, 0.15) is 12.7 Å². The van der Waals surface area contributed by atoms with Crippen molar-refractivity contribution in [2.24, 2.45) is 0 Å². The molecule has 2 rings (SSSR count). The molecular formula is C11H15NO5. The first kappa shape index (κ1) is 12.1. The van der Waals surface area contributed by atoms with E-state index in [2.05, 4.69) is 4.74 Å². The Balaban J connectivity index is 1.88. The minimum Gasteiger partial charge on any atom is -0.447 e. The second kappa shape index (κ2) is 4.46. The van der Waals surface area contributed by atoms with Crippen LogP contribution in [0.5, 0.6) is 0 Å². The van der Waals surface area contributed by atoms with Gasteiger partial charge in [-0.05, 0) is 19.9 Å². The van der Waals surface area contributed by atoms with Crippen LogP contribution in [-0.2, 0) is 19.0 Å². The summed E-state index contributed by atoms with van der Waals surface area (Å²) in [6.07, 6.45) is 2.07.